The first-order valence-corrected chi connectivity index (χ1v) is 8.31. The second-order valence-corrected chi connectivity index (χ2v) is 8.73. The first kappa shape index (κ1) is 16.8. The van der Waals surface area contributed by atoms with Gasteiger partial charge in [0.15, 0.2) is 11.5 Å². The van der Waals surface area contributed by atoms with E-state index in [2.05, 4.69) is 0 Å². The zero-order valence-corrected chi connectivity index (χ0v) is 14.1. The monoisotopic (exact) mass is 300 g/mol. The lowest BCUT2D eigenvalue weighted by molar-refractivity contribution is 0.410. The Bertz CT molecular complexity index is 602. The van der Waals surface area contributed by atoms with Gasteiger partial charge in [-0.05, 0) is 22.5 Å². The fraction of sp³-hybridized carbons (Fsp3) is 0.600. The predicted molar refractivity (Wildman–Crippen MR) is 81.0 cm³/mol. The third kappa shape index (κ3) is 4.13. The molecule has 114 valence electrons. The van der Waals surface area contributed by atoms with Gasteiger partial charge >= 0.3 is 10.1 Å². The molecule has 0 saturated carbocycles. The lowest BCUT2D eigenvalue weighted by Crippen LogP contribution is -2.18. The van der Waals surface area contributed by atoms with Crippen molar-refractivity contribution >= 4 is 10.1 Å². The molecule has 0 aliphatic carbocycles. The summed E-state index contributed by atoms with van der Waals surface area (Å²) < 4.78 is 27.6. The van der Waals surface area contributed by atoms with E-state index >= 15 is 0 Å². The molecule has 1 aromatic rings. The van der Waals surface area contributed by atoms with E-state index in [1.54, 1.807) is 6.07 Å². The summed E-state index contributed by atoms with van der Waals surface area (Å²) in [6, 6.07) is 3.50. The Labute approximate surface area is 121 Å². The number of hydrogen-bond donors (Lipinski definition) is 1. The van der Waals surface area contributed by atoms with E-state index in [4.69, 9.17) is 4.18 Å². The summed E-state index contributed by atoms with van der Waals surface area (Å²) >= 11 is 0. The van der Waals surface area contributed by atoms with Gasteiger partial charge < -0.3 is 9.29 Å². The van der Waals surface area contributed by atoms with Gasteiger partial charge in [0, 0.05) is 5.56 Å². The lowest BCUT2D eigenvalue weighted by atomic mass is 9.80. The van der Waals surface area contributed by atoms with E-state index in [0.717, 1.165) is 11.8 Å². The van der Waals surface area contributed by atoms with Crippen molar-refractivity contribution in [3.05, 3.63) is 23.3 Å². The van der Waals surface area contributed by atoms with E-state index in [-0.39, 0.29) is 22.3 Å². The Kier molecular flexibility index (Phi) is 4.16. The summed E-state index contributed by atoms with van der Waals surface area (Å²) in [5, 5.41) is 10.3. The molecule has 1 aromatic carbocycles. The van der Waals surface area contributed by atoms with Crippen molar-refractivity contribution in [2.45, 2.75) is 52.4 Å². The van der Waals surface area contributed by atoms with Crippen LogP contribution in [-0.4, -0.2) is 19.8 Å². The van der Waals surface area contributed by atoms with Gasteiger partial charge in [-0.2, -0.15) is 8.42 Å². The molecule has 0 atom stereocenters. The van der Waals surface area contributed by atoms with Gasteiger partial charge in [0.05, 0.1) is 6.26 Å². The third-order valence-corrected chi connectivity index (χ3v) is 3.47. The van der Waals surface area contributed by atoms with Crippen LogP contribution in [0.1, 0.15) is 52.7 Å². The molecular formula is C15H24O4S. The molecule has 1 rings (SSSR count). The highest BCUT2D eigenvalue weighted by atomic mass is 32.2. The quantitative estimate of drug-likeness (QED) is 0.851. The van der Waals surface area contributed by atoms with E-state index in [0.29, 0.717) is 5.56 Å². The molecule has 0 amide bonds. The van der Waals surface area contributed by atoms with Gasteiger partial charge in [0.2, 0.25) is 0 Å². The maximum absolute atomic E-state index is 11.3. The average molecular weight is 300 g/mol. The molecule has 0 heterocycles. The molecule has 4 nitrogen and oxygen atoms in total. The Morgan fingerprint density at radius 3 is 1.85 bits per heavy atom. The molecule has 0 aromatic heterocycles. The first-order chi connectivity index (χ1) is 8.72. The number of benzene rings is 1. The van der Waals surface area contributed by atoms with Gasteiger partial charge in [-0.1, -0.05) is 47.6 Å². The molecule has 0 aliphatic heterocycles. The molecule has 0 radical (unpaired) electrons. The van der Waals surface area contributed by atoms with Crippen molar-refractivity contribution in [1.29, 1.82) is 0 Å². The van der Waals surface area contributed by atoms with Crippen LogP contribution in [0.25, 0.3) is 0 Å². The van der Waals surface area contributed by atoms with E-state index in [1.807, 2.05) is 47.6 Å². The molecule has 0 aliphatic rings. The highest BCUT2D eigenvalue weighted by Crippen LogP contribution is 2.41. The van der Waals surface area contributed by atoms with Gasteiger partial charge in [-0.25, -0.2) is 0 Å². The van der Waals surface area contributed by atoms with Gasteiger partial charge in [-0.3, -0.25) is 0 Å². The minimum atomic E-state index is -3.68. The Balaban J connectivity index is 3.60. The normalized spacial score (nSPS) is 13.3. The van der Waals surface area contributed by atoms with Crippen LogP contribution in [-0.2, 0) is 20.9 Å². The Hall–Kier alpha value is -1.23. The Morgan fingerprint density at radius 1 is 1.00 bits per heavy atom. The predicted octanol–water partition coefficient (Wildman–Crippen LogP) is 3.33. The largest absolute Gasteiger partial charge is 0.504 e. The summed E-state index contributed by atoms with van der Waals surface area (Å²) in [6.07, 6.45) is 0.965. The summed E-state index contributed by atoms with van der Waals surface area (Å²) in [5.41, 5.74) is 1.09. The van der Waals surface area contributed by atoms with Crippen LogP contribution >= 0.6 is 0 Å². The molecule has 0 spiro atoms. The SMILES string of the molecule is CC(C)(C)c1cc(OS(C)(=O)=O)c(O)c(C(C)(C)C)c1. The maximum Gasteiger partial charge on any atom is 0.306 e. The van der Waals surface area contributed by atoms with Crippen molar-refractivity contribution in [2.75, 3.05) is 6.26 Å². The van der Waals surface area contributed by atoms with Crippen LogP contribution in [0.5, 0.6) is 11.5 Å². The number of aromatic hydroxyl groups is 1. The number of hydrogen-bond acceptors (Lipinski definition) is 4. The van der Waals surface area contributed by atoms with Crippen molar-refractivity contribution in [3.8, 4) is 11.5 Å². The van der Waals surface area contributed by atoms with Crippen molar-refractivity contribution in [1.82, 2.24) is 0 Å². The van der Waals surface area contributed by atoms with Crippen molar-refractivity contribution in [2.24, 2.45) is 0 Å². The fourth-order valence-electron chi connectivity index (χ4n) is 1.84. The maximum atomic E-state index is 11.3. The van der Waals surface area contributed by atoms with E-state index in [9.17, 15) is 13.5 Å². The summed E-state index contributed by atoms with van der Waals surface area (Å²) in [4.78, 5) is 0. The van der Waals surface area contributed by atoms with Gasteiger partial charge in [0.25, 0.3) is 0 Å². The smallest absolute Gasteiger partial charge is 0.306 e. The molecule has 5 heteroatoms. The third-order valence-electron chi connectivity index (χ3n) is 2.99. The summed E-state index contributed by atoms with van der Waals surface area (Å²) in [6.45, 7) is 11.9. The molecule has 0 saturated heterocycles. The molecular weight excluding hydrogens is 276 g/mol. The van der Waals surface area contributed by atoms with E-state index < -0.39 is 10.1 Å². The van der Waals surface area contributed by atoms with Gasteiger partial charge in [0.1, 0.15) is 0 Å². The molecule has 0 fully saturated rings. The van der Waals surface area contributed by atoms with Gasteiger partial charge in [-0.15, -0.1) is 0 Å². The van der Waals surface area contributed by atoms with Crippen molar-refractivity contribution < 1.29 is 17.7 Å². The highest BCUT2D eigenvalue weighted by molar-refractivity contribution is 7.86. The second kappa shape index (κ2) is 4.95. The number of phenols is 1. The van der Waals surface area contributed by atoms with Crippen LogP contribution in [0.2, 0.25) is 0 Å². The van der Waals surface area contributed by atoms with Crippen LogP contribution in [0.3, 0.4) is 0 Å². The minimum absolute atomic E-state index is 0.00940. The number of rotatable bonds is 2. The summed E-state index contributed by atoms with van der Waals surface area (Å²) in [7, 11) is -3.68. The molecule has 1 N–H and O–H groups in total. The average Bonchev–Trinajstić information content (AvgIpc) is 2.15. The molecule has 20 heavy (non-hydrogen) atoms. The second-order valence-electron chi connectivity index (χ2n) is 7.16. The zero-order chi connectivity index (χ0) is 15.9. The van der Waals surface area contributed by atoms with Crippen LogP contribution in [0.15, 0.2) is 12.1 Å². The highest BCUT2D eigenvalue weighted by Gasteiger charge is 2.26. The van der Waals surface area contributed by atoms with Crippen LogP contribution in [0.4, 0.5) is 0 Å². The fourth-order valence-corrected chi connectivity index (χ4v) is 2.29. The van der Waals surface area contributed by atoms with Crippen LogP contribution < -0.4 is 4.18 Å². The molecule has 0 unspecified atom stereocenters. The van der Waals surface area contributed by atoms with Crippen LogP contribution in [0, 0.1) is 0 Å². The zero-order valence-electron chi connectivity index (χ0n) is 13.2. The van der Waals surface area contributed by atoms with E-state index in [1.165, 1.54) is 0 Å². The molecule has 0 bridgehead atoms. The number of phenolic OH excluding ortho intramolecular Hbond substituents is 1. The van der Waals surface area contributed by atoms with Crippen molar-refractivity contribution in [3.63, 3.8) is 0 Å². The Morgan fingerprint density at radius 2 is 1.50 bits per heavy atom. The minimum Gasteiger partial charge on any atom is -0.504 e. The summed E-state index contributed by atoms with van der Waals surface area (Å²) in [5.74, 6) is -0.124. The topological polar surface area (TPSA) is 63.6 Å². The first-order valence-electron chi connectivity index (χ1n) is 6.49. The standard InChI is InChI=1S/C15H24O4S/c1-14(2,3)10-8-11(15(4,5)6)13(16)12(9-10)19-20(7,17)18/h8-9,16H,1-7H3. The lowest BCUT2D eigenvalue weighted by Gasteiger charge is -2.27.